The molecule has 0 radical (unpaired) electrons. The maximum atomic E-state index is 9.97. The summed E-state index contributed by atoms with van der Waals surface area (Å²) in [5, 5.41) is 0. The molecule has 0 atom stereocenters. The van der Waals surface area contributed by atoms with E-state index in [0.717, 1.165) is 17.7 Å². The summed E-state index contributed by atoms with van der Waals surface area (Å²) in [5.74, 6) is 0. The zero-order valence-corrected chi connectivity index (χ0v) is 5.55. The molecule has 0 saturated heterocycles. The molecule has 0 N–H and O–H groups in total. The van der Waals surface area contributed by atoms with Crippen LogP contribution in [0.15, 0.2) is 0 Å². The summed E-state index contributed by atoms with van der Waals surface area (Å²) in [6, 6.07) is 0. The Bertz CT molecular complexity index is 86.3. The summed E-state index contributed by atoms with van der Waals surface area (Å²) in [5.41, 5.74) is 0. The van der Waals surface area contributed by atoms with Gasteiger partial charge in [0.15, 0.2) is 0 Å². The smallest absolute Gasteiger partial charge is 0.0875 e. The Balaban J connectivity index is 3.61. The Morgan fingerprint density at radius 3 is 1.86 bits per heavy atom. The van der Waals surface area contributed by atoms with Crippen molar-refractivity contribution in [2.75, 3.05) is 0 Å². The van der Waals surface area contributed by atoms with Gasteiger partial charge in [-0.25, -0.2) is 4.21 Å². The molecule has 0 heterocycles. The summed E-state index contributed by atoms with van der Waals surface area (Å²) < 4.78 is 9.97. The van der Waals surface area contributed by atoms with Crippen molar-refractivity contribution in [1.29, 1.82) is 0 Å². The highest BCUT2D eigenvalue weighted by molar-refractivity contribution is 7.66. The standard InChI is InChI=1S/C5H10OS/c1-3-5(4-2)7-6/h3-4H2,1-2H3. The van der Waals surface area contributed by atoms with Crippen LogP contribution in [0.3, 0.4) is 0 Å². The molecular weight excluding hydrogens is 108 g/mol. The summed E-state index contributed by atoms with van der Waals surface area (Å²) in [6.45, 7) is 4.01. The first-order chi connectivity index (χ1) is 3.35. The largest absolute Gasteiger partial charge is 0.212 e. The molecule has 0 amide bonds. The summed E-state index contributed by atoms with van der Waals surface area (Å²) >= 11 is 0.637. The van der Waals surface area contributed by atoms with Gasteiger partial charge < -0.3 is 0 Å². The average Bonchev–Trinajstić information content (AvgIpc) is 1.72. The first-order valence-corrected chi connectivity index (χ1v) is 3.23. The predicted molar refractivity (Wildman–Crippen MR) is 33.7 cm³/mol. The van der Waals surface area contributed by atoms with Crippen LogP contribution in [0.2, 0.25) is 0 Å². The zero-order chi connectivity index (χ0) is 5.70. The van der Waals surface area contributed by atoms with Gasteiger partial charge in [0.05, 0.1) is 11.3 Å². The van der Waals surface area contributed by atoms with Crippen LogP contribution in [-0.4, -0.2) is 9.07 Å². The fraction of sp³-hybridized carbons (Fsp3) is 0.800. The summed E-state index contributed by atoms with van der Waals surface area (Å²) in [6.07, 6.45) is 1.84. The fourth-order valence-electron chi connectivity index (χ4n) is 0.368. The third-order valence-corrected chi connectivity index (χ3v) is 1.72. The van der Waals surface area contributed by atoms with Crippen molar-refractivity contribution in [1.82, 2.24) is 0 Å². The average molecular weight is 118 g/mol. The normalized spacial score (nSPS) is 8.29. The minimum Gasteiger partial charge on any atom is -0.212 e. The summed E-state index contributed by atoms with van der Waals surface area (Å²) in [7, 11) is 0. The maximum Gasteiger partial charge on any atom is 0.0875 e. The van der Waals surface area contributed by atoms with E-state index in [1.165, 1.54) is 0 Å². The van der Waals surface area contributed by atoms with E-state index < -0.39 is 0 Å². The van der Waals surface area contributed by atoms with E-state index >= 15 is 0 Å². The molecule has 0 aromatic carbocycles. The topological polar surface area (TPSA) is 17.1 Å². The van der Waals surface area contributed by atoms with Crippen LogP contribution in [0, 0.1) is 0 Å². The Morgan fingerprint density at radius 1 is 1.43 bits per heavy atom. The predicted octanol–water partition coefficient (Wildman–Crippen LogP) is 1.19. The molecule has 7 heavy (non-hydrogen) atoms. The van der Waals surface area contributed by atoms with E-state index in [0.29, 0.717) is 11.3 Å². The SMILES string of the molecule is CCC(CC)=S=O. The van der Waals surface area contributed by atoms with E-state index in [-0.39, 0.29) is 0 Å². The molecule has 0 bridgehead atoms. The van der Waals surface area contributed by atoms with Gasteiger partial charge in [-0.05, 0) is 12.8 Å². The van der Waals surface area contributed by atoms with Gasteiger partial charge in [-0.2, -0.15) is 0 Å². The van der Waals surface area contributed by atoms with E-state index in [4.69, 9.17) is 0 Å². The van der Waals surface area contributed by atoms with Crippen molar-refractivity contribution in [3.8, 4) is 0 Å². The molecule has 0 aliphatic heterocycles. The van der Waals surface area contributed by atoms with E-state index in [1.54, 1.807) is 0 Å². The van der Waals surface area contributed by atoms with Crippen molar-refractivity contribution >= 4 is 16.1 Å². The molecule has 0 rings (SSSR count). The van der Waals surface area contributed by atoms with Crippen molar-refractivity contribution in [2.45, 2.75) is 26.7 Å². The Kier molecular flexibility index (Phi) is 4.00. The van der Waals surface area contributed by atoms with Crippen LogP contribution in [0.5, 0.6) is 0 Å². The van der Waals surface area contributed by atoms with Gasteiger partial charge >= 0.3 is 0 Å². The molecule has 0 fully saturated rings. The Morgan fingerprint density at radius 2 is 1.86 bits per heavy atom. The zero-order valence-electron chi connectivity index (χ0n) is 4.73. The van der Waals surface area contributed by atoms with Crippen molar-refractivity contribution in [3.05, 3.63) is 0 Å². The maximum absolute atomic E-state index is 9.97. The van der Waals surface area contributed by atoms with Crippen molar-refractivity contribution < 1.29 is 4.21 Å². The molecule has 0 spiro atoms. The van der Waals surface area contributed by atoms with Crippen LogP contribution >= 0.6 is 0 Å². The Hall–Kier alpha value is -0.110. The second kappa shape index (κ2) is 4.06. The Labute approximate surface area is 47.8 Å². The van der Waals surface area contributed by atoms with Crippen LogP contribution in [0.4, 0.5) is 0 Å². The number of hydrogen-bond donors (Lipinski definition) is 0. The van der Waals surface area contributed by atoms with Crippen LogP contribution in [-0.2, 0) is 11.3 Å². The van der Waals surface area contributed by atoms with E-state index in [2.05, 4.69) is 0 Å². The van der Waals surface area contributed by atoms with Gasteiger partial charge in [-0.1, -0.05) is 13.8 Å². The second-order valence-corrected chi connectivity index (χ2v) is 2.07. The number of hydrogen-bond acceptors (Lipinski definition) is 1. The molecule has 0 saturated carbocycles. The molecule has 0 aliphatic carbocycles. The van der Waals surface area contributed by atoms with Crippen LogP contribution in [0.1, 0.15) is 26.7 Å². The van der Waals surface area contributed by atoms with Gasteiger partial charge in [0.1, 0.15) is 0 Å². The molecular formula is C5H10OS. The lowest BCUT2D eigenvalue weighted by atomic mass is 10.3. The molecule has 42 valence electrons. The van der Waals surface area contributed by atoms with Crippen LogP contribution < -0.4 is 0 Å². The third kappa shape index (κ3) is 2.57. The molecule has 0 aliphatic rings. The van der Waals surface area contributed by atoms with Gasteiger partial charge in [-0.15, -0.1) is 0 Å². The first kappa shape index (κ1) is 6.89. The van der Waals surface area contributed by atoms with Gasteiger partial charge in [0, 0.05) is 4.86 Å². The molecule has 0 unspecified atom stereocenters. The summed E-state index contributed by atoms with van der Waals surface area (Å²) in [4.78, 5) is 1.04. The molecule has 0 aromatic rings. The molecule has 0 aromatic heterocycles. The van der Waals surface area contributed by atoms with Gasteiger partial charge in [0.25, 0.3) is 0 Å². The van der Waals surface area contributed by atoms with Crippen molar-refractivity contribution in [2.24, 2.45) is 0 Å². The van der Waals surface area contributed by atoms with E-state index in [9.17, 15) is 4.21 Å². The van der Waals surface area contributed by atoms with E-state index in [1.807, 2.05) is 13.8 Å². The fourth-order valence-corrected chi connectivity index (χ4v) is 0.604. The minimum absolute atomic E-state index is 0.637. The number of rotatable bonds is 2. The van der Waals surface area contributed by atoms with Crippen LogP contribution in [0.25, 0.3) is 0 Å². The lowest BCUT2D eigenvalue weighted by Gasteiger charge is -1.85. The monoisotopic (exact) mass is 118 g/mol. The highest BCUT2D eigenvalue weighted by Gasteiger charge is 1.85. The minimum atomic E-state index is 0.637. The highest BCUT2D eigenvalue weighted by Crippen LogP contribution is 1.84. The molecule has 1 nitrogen and oxygen atoms in total. The quantitative estimate of drug-likeness (QED) is 0.498. The first-order valence-electron chi connectivity index (χ1n) is 2.49. The van der Waals surface area contributed by atoms with Gasteiger partial charge in [-0.3, -0.25) is 0 Å². The van der Waals surface area contributed by atoms with Crippen molar-refractivity contribution in [3.63, 3.8) is 0 Å². The third-order valence-electron chi connectivity index (χ3n) is 0.907. The molecule has 2 heteroatoms. The second-order valence-electron chi connectivity index (χ2n) is 1.33. The lowest BCUT2D eigenvalue weighted by Crippen LogP contribution is -1.89. The van der Waals surface area contributed by atoms with Gasteiger partial charge in [0.2, 0.25) is 0 Å². The highest BCUT2D eigenvalue weighted by atomic mass is 32.1. The lowest BCUT2D eigenvalue weighted by molar-refractivity contribution is 0.700.